The molecule has 3 unspecified atom stereocenters. The highest BCUT2D eigenvalue weighted by atomic mass is 32.2. The third-order valence-electron chi connectivity index (χ3n) is 9.47. The summed E-state index contributed by atoms with van der Waals surface area (Å²) in [6.45, 7) is 0. The van der Waals surface area contributed by atoms with E-state index in [1.165, 1.54) is 19.3 Å². The van der Waals surface area contributed by atoms with Gasteiger partial charge in [0.25, 0.3) is 0 Å². The number of anilines is 2. The van der Waals surface area contributed by atoms with Crippen LogP contribution in [0.15, 0.2) is 59.5 Å². The molecule has 4 N–H and O–H groups in total. The van der Waals surface area contributed by atoms with Gasteiger partial charge in [0.1, 0.15) is 5.60 Å². The zero-order chi connectivity index (χ0) is 25.4. The molecule has 0 aromatic heterocycles. The first kappa shape index (κ1) is 23.3. The average molecular weight is 520 g/mol. The Morgan fingerprint density at radius 3 is 2.32 bits per heavy atom. The number of carbonyl (C=O) groups excluding carboxylic acids is 1. The van der Waals surface area contributed by atoms with Gasteiger partial charge in [-0.05, 0) is 110 Å². The summed E-state index contributed by atoms with van der Waals surface area (Å²) in [6, 6.07) is 13.1. The maximum atomic E-state index is 12.9. The number of rotatable bonds is 4. The number of nitrogens with two attached hydrogens (primary N) is 1. The monoisotopic (exact) mass is 519 g/mol. The molecular formula is C29H33N3O4S. The van der Waals surface area contributed by atoms with Crippen molar-refractivity contribution in [2.75, 3.05) is 10.6 Å². The molecule has 8 rings (SSSR count). The Morgan fingerprint density at radius 1 is 1.00 bits per heavy atom. The first-order valence-corrected chi connectivity index (χ1v) is 15.0. The Labute approximate surface area is 217 Å². The summed E-state index contributed by atoms with van der Waals surface area (Å²) in [5, 5.41) is 12.0. The normalized spacial score (nSPS) is 34.9. The van der Waals surface area contributed by atoms with Crippen LogP contribution >= 0.6 is 0 Å². The summed E-state index contributed by atoms with van der Waals surface area (Å²) in [5.74, 6) is 2.57. The van der Waals surface area contributed by atoms with Crippen LogP contribution in [0, 0.1) is 23.7 Å². The van der Waals surface area contributed by atoms with Gasteiger partial charge in [-0.1, -0.05) is 24.3 Å². The van der Waals surface area contributed by atoms with Crippen molar-refractivity contribution in [3.05, 3.63) is 65.7 Å². The highest BCUT2D eigenvalue weighted by molar-refractivity contribution is 7.89. The number of nitrogens with one attached hydrogen (secondary N) is 2. The van der Waals surface area contributed by atoms with Crippen molar-refractivity contribution in [1.82, 2.24) is 0 Å². The Kier molecular flexibility index (Phi) is 5.24. The summed E-state index contributed by atoms with van der Waals surface area (Å²) >= 11 is 0. The molecule has 1 amide bonds. The van der Waals surface area contributed by atoms with E-state index in [2.05, 4.69) is 34.9 Å². The summed E-state index contributed by atoms with van der Waals surface area (Å²) in [6.07, 6.45) is 11.9. The van der Waals surface area contributed by atoms with Crippen LogP contribution in [0.25, 0.3) is 0 Å². The van der Waals surface area contributed by atoms with E-state index in [1.54, 1.807) is 18.2 Å². The Balaban J connectivity index is 1.06. The lowest BCUT2D eigenvalue weighted by molar-refractivity contribution is -0.124. The fourth-order valence-electron chi connectivity index (χ4n) is 8.35. The minimum absolute atomic E-state index is 0.0702. The van der Waals surface area contributed by atoms with Crippen molar-refractivity contribution >= 4 is 27.5 Å². The van der Waals surface area contributed by atoms with E-state index < -0.39 is 10.0 Å². The van der Waals surface area contributed by atoms with Gasteiger partial charge in [-0.25, -0.2) is 18.4 Å². The predicted molar refractivity (Wildman–Crippen MR) is 142 cm³/mol. The van der Waals surface area contributed by atoms with Crippen LogP contribution in [-0.2, 0) is 14.8 Å². The molecule has 0 spiro atoms. The molecule has 2 aromatic carbocycles. The van der Waals surface area contributed by atoms with E-state index in [0.29, 0.717) is 0 Å². The number of primary sulfonamides is 1. The zero-order valence-corrected chi connectivity index (χ0v) is 21.5. The van der Waals surface area contributed by atoms with Gasteiger partial charge in [0.05, 0.1) is 10.9 Å². The molecule has 0 saturated heterocycles. The Bertz CT molecular complexity index is 1350. The van der Waals surface area contributed by atoms with E-state index in [9.17, 15) is 13.2 Å². The Morgan fingerprint density at radius 2 is 1.68 bits per heavy atom. The summed E-state index contributed by atoms with van der Waals surface area (Å²) in [5.41, 5.74) is 3.48. The van der Waals surface area contributed by atoms with E-state index in [4.69, 9.17) is 9.88 Å². The first-order chi connectivity index (χ1) is 17.7. The van der Waals surface area contributed by atoms with Crippen LogP contribution in [0.4, 0.5) is 16.2 Å². The van der Waals surface area contributed by atoms with Crippen LogP contribution in [0.2, 0.25) is 0 Å². The van der Waals surface area contributed by atoms with Crippen LogP contribution in [0.1, 0.15) is 68.0 Å². The number of ether oxygens (including phenoxy) is 1. The number of benzene rings is 2. The molecule has 37 heavy (non-hydrogen) atoms. The van der Waals surface area contributed by atoms with Crippen LogP contribution < -0.4 is 15.8 Å². The molecule has 6 aliphatic rings. The fourth-order valence-corrected chi connectivity index (χ4v) is 8.90. The quantitative estimate of drug-likeness (QED) is 0.450. The number of hydrogen-bond donors (Lipinski definition) is 3. The van der Waals surface area contributed by atoms with E-state index in [-0.39, 0.29) is 34.5 Å². The molecule has 4 saturated carbocycles. The van der Waals surface area contributed by atoms with Gasteiger partial charge in [-0.3, -0.25) is 5.32 Å². The minimum Gasteiger partial charge on any atom is -0.443 e. The SMILES string of the molecule is NS(=O)(=O)c1ccc2c(c1)C1C=CCC1C(c1ccc(NC(=O)OC34CC5CC(CC(C5)C3)C4)cc1)N2. The maximum Gasteiger partial charge on any atom is 0.412 e. The van der Waals surface area contributed by atoms with Gasteiger partial charge in [0.2, 0.25) is 10.0 Å². The molecule has 2 aromatic rings. The van der Waals surface area contributed by atoms with Gasteiger partial charge in [-0.15, -0.1) is 0 Å². The van der Waals surface area contributed by atoms with Crippen molar-refractivity contribution in [2.24, 2.45) is 28.8 Å². The van der Waals surface area contributed by atoms with Gasteiger partial charge < -0.3 is 10.1 Å². The van der Waals surface area contributed by atoms with Gasteiger partial charge in [0, 0.05) is 17.3 Å². The van der Waals surface area contributed by atoms with Crippen LogP contribution in [-0.4, -0.2) is 20.1 Å². The standard InChI is InChI=1S/C29H33N3O4S/c30-37(34,35)22-8-9-26-25(13-22)23-2-1-3-24(23)27(32-26)20-4-6-21(7-5-20)31-28(33)36-29-14-17-10-18(15-29)12-19(11-17)16-29/h1-2,4-9,13,17-19,23-24,27,32H,3,10-12,14-16H2,(H,31,33)(H2,30,34,35). The molecule has 5 aliphatic carbocycles. The summed E-state index contributed by atoms with van der Waals surface area (Å²) in [4.78, 5) is 13.0. The molecule has 7 nitrogen and oxygen atoms in total. The highest BCUT2D eigenvalue weighted by Gasteiger charge is 2.53. The number of allylic oxidation sites excluding steroid dienone is 2. The van der Waals surface area contributed by atoms with E-state index >= 15 is 0 Å². The van der Waals surface area contributed by atoms with Crippen molar-refractivity contribution in [2.45, 2.75) is 67.4 Å². The Hall–Kier alpha value is -2.84. The summed E-state index contributed by atoms with van der Waals surface area (Å²) in [7, 11) is -3.76. The molecule has 1 heterocycles. The van der Waals surface area contributed by atoms with Crippen molar-refractivity contribution in [1.29, 1.82) is 0 Å². The van der Waals surface area contributed by atoms with Crippen molar-refractivity contribution < 1.29 is 17.9 Å². The molecular weight excluding hydrogens is 486 g/mol. The number of fused-ring (bicyclic) bond motifs is 3. The topological polar surface area (TPSA) is 111 Å². The molecule has 8 heteroatoms. The molecule has 4 fully saturated rings. The molecule has 0 radical (unpaired) electrons. The lowest BCUT2D eigenvalue weighted by atomic mass is 9.54. The lowest BCUT2D eigenvalue weighted by Gasteiger charge is -2.55. The third-order valence-corrected chi connectivity index (χ3v) is 10.4. The molecule has 4 bridgehead atoms. The number of hydrogen-bond acceptors (Lipinski definition) is 5. The second-order valence-electron chi connectivity index (χ2n) is 12.0. The number of amides is 1. The molecule has 1 aliphatic heterocycles. The smallest absolute Gasteiger partial charge is 0.412 e. The number of sulfonamides is 1. The summed E-state index contributed by atoms with van der Waals surface area (Å²) < 4.78 is 29.9. The number of carbonyl (C=O) groups is 1. The predicted octanol–water partition coefficient (Wildman–Crippen LogP) is 5.68. The average Bonchev–Trinajstić information content (AvgIpc) is 3.32. The van der Waals surface area contributed by atoms with Gasteiger partial charge in [-0.2, -0.15) is 0 Å². The van der Waals surface area contributed by atoms with Crippen LogP contribution in [0.3, 0.4) is 0 Å². The third kappa shape index (κ3) is 4.14. The molecule has 194 valence electrons. The maximum absolute atomic E-state index is 12.9. The zero-order valence-electron chi connectivity index (χ0n) is 20.7. The van der Waals surface area contributed by atoms with Gasteiger partial charge >= 0.3 is 6.09 Å². The second kappa shape index (κ2) is 8.33. The van der Waals surface area contributed by atoms with Crippen molar-refractivity contribution in [3.8, 4) is 0 Å². The van der Waals surface area contributed by atoms with Gasteiger partial charge in [0.15, 0.2) is 0 Å². The first-order valence-electron chi connectivity index (χ1n) is 13.4. The minimum atomic E-state index is -3.76. The molecule has 3 atom stereocenters. The van der Waals surface area contributed by atoms with Crippen LogP contribution in [0.5, 0.6) is 0 Å². The van der Waals surface area contributed by atoms with Crippen molar-refractivity contribution in [3.63, 3.8) is 0 Å². The van der Waals surface area contributed by atoms with E-state index in [0.717, 1.165) is 65.9 Å². The lowest BCUT2D eigenvalue weighted by Crippen LogP contribution is -2.53. The second-order valence-corrected chi connectivity index (χ2v) is 13.6. The fraction of sp³-hybridized carbons (Fsp3) is 0.483. The van der Waals surface area contributed by atoms with E-state index in [1.807, 2.05) is 12.1 Å². The highest BCUT2D eigenvalue weighted by Crippen LogP contribution is 2.57. The largest absolute Gasteiger partial charge is 0.443 e.